The smallest absolute Gasteiger partial charge is 0.306 e. The fourth-order valence-electron chi connectivity index (χ4n) is 4.99. The SMILES string of the molecule is CC[C@@H]1CN(Cc2cc(C(CC(=O)OC)C3=C(C)C=C(C(=O)NC)CS3)ccc2C)S(=O)(=O)c2ccccc2O1. The maximum absolute atomic E-state index is 13.7. The molecule has 0 saturated heterocycles. The second kappa shape index (κ2) is 12.6. The second-order valence-corrected chi connectivity index (χ2v) is 12.9. The van der Waals surface area contributed by atoms with Crippen molar-refractivity contribution in [3.05, 3.63) is 81.3 Å². The quantitative estimate of drug-likeness (QED) is 0.449. The Kier molecular flexibility index (Phi) is 9.43. The topological polar surface area (TPSA) is 102 Å². The molecular formula is C30H36N2O6S2. The molecule has 2 heterocycles. The number of nitrogens with one attached hydrogen (secondary N) is 1. The number of fused-ring (bicyclic) bond motifs is 1. The van der Waals surface area contributed by atoms with Gasteiger partial charge in [0.2, 0.25) is 15.9 Å². The van der Waals surface area contributed by atoms with Crippen molar-refractivity contribution in [1.82, 2.24) is 9.62 Å². The molecule has 0 aliphatic carbocycles. The monoisotopic (exact) mass is 584 g/mol. The van der Waals surface area contributed by atoms with Gasteiger partial charge in [-0.3, -0.25) is 9.59 Å². The summed E-state index contributed by atoms with van der Waals surface area (Å²) in [6, 6.07) is 12.7. The van der Waals surface area contributed by atoms with Crippen molar-refractivity contribution in [1.29, 1.82) is 0 Å². The van der Waals surface area contributed by atoms with E-state index in [4.69, 9.17) is 9.47 Å². The van der Waals surface area contributed by atoms with Crippen LogP contribution in [0.3, 0.4) is 0 Å². The third kappa shape index (κ3) is 6.29. The van der Waals surface area contributed by atoms with E-state index < -0.39 is 10.0 Å². The number of aryl methyl sites for hydroxylation is 1. The van der Waals surface area contributed by atoms with E-state index in [2.05, 4.69) is 5.32 Å². The average Bonchev–Trinajstić information content (AvgIpc) is 3.06. The fraction of sp³-hybridized carbons (Fsp3) is 0.400. The summed E-state index contributed by atoms with van der Waals surface area (Å²) in [4.78, 5) is 25.9. The highest BCUT2D eigenvalue weighted by molar-refractivity contribution is 8.03. The highest BCUT2D eigenvalue weighted by Gasteiger charge is 2.35. The Balaban J connectivity index is 1.73. The summed E-state index contributed by atoms with van der Waals surface area (Å²) in [6.45, 7) is 6.28. The summed E-state index contributed by atoms with van der Waals surface area (Å²) >= 11 is 1.54. The lowest BCUT2D eigenvalue weighted by atomic mass is 9.90. The number of thioether (sulfide) groups is 1. The molecular weight excluding hydrogens is 548 g/mol. The first-order valence-corrected chi connectivity index (χ1v) is 15.7. The first-order valence-electron chi connectivity index (χ1n) is 13.3. The van der Waals surface area contributed by atoms with E-state index >= 15 is 0 Å². The minimum atomic E-state index is -3.80. The number of allylic oxidation sites excluding steroid dienone is 3. The first kappa shape index (κ1) is 29.9. The number of hydrogen-bond acceptors (Lipinski definition) is 7. The van der Waals surface area contributed by atoms with Crippen molar-refractivity contribution >= 4 is 33.7 Å². The molecule has 8 nitrogen and oxygen atoms in total. The number of likely N-dealkylation sites (N-methyl/N-ethyl adjacent to an activating group) is 1. The van der Waals surface area contributed by atoms with Crippen molar-refractivity contribution in [2.24, 2.45) is 0 Å². The van der Waals surface area contributed by atoms with Gasteiger partial charge in [0.05, 0.1) is 20.1 Å². The molecule has 2 aromatic rings. The van der Waals surface area contributed by atoms with Crippen molar-refractivity contribution in [2.45, 2.75) is 57.1 Å². The Labute approximate surface area is 240 Å². The molecule has 40 heavy (non-hydrogen) atoms. The summed E-state index contributed by atoms with van der Waals surface area (Å²) in [6.07, 6.45) is 2.39. The number of nitrogens with zero attached hydrogens (tertiary/aromatic N) is 1. The van der Waals surface area contributed by atoms with E-state index in [1.54, 1.807) is 43.1 Å². The third-order valence-corrected chi connectivity index (χ3v) is 10.6. The van der Waals surface area contributed by atoms with E-state index in [0.717, 1.165) is 27.2 Å². The number of carbonyl (C=O) groups excluding carboxylic acids is 2. The van der Waals surface area contributed by atoms with Crippen LogP contribution in [0.5, 0.6) is 5.75 Å². The van der Waals surface area contributed by atoms with Crippen LogP contribution >= 0.6 is 11.8 Å². The van der Waals surface area contributed by atoms with Crippen LogP contribution < -0.4 is 10.1 Å². The zero-order valence-electron chi connectivity index (χ0n) is 23.5. The van der Waals surface area contributed by atoms with Crippen LogP contribution in [-0.4, -0.2) is 57.2 Å². The molecule has 0 radical (unpaired) electrons. The number of para-hydroxylation sites is 1. The average molecular weight is 585 g/mol. The largest absolute Gasteiger partial charge is 0.488 e. The Hall–Kier alpha value is -3.08. The summed E-state index contributed by atoms with van der Waals surface area (Å²) in [5, 5.41) is 2.67. The van der Waals surface area contributed by atoms with Gasteiger partial charge in [-0.15, -0.1) is 11.8 Å². The molecule has 2 atom stereocenters. The van der Waals surface area contributed by atoms with Gasteiger partial charge < -0.3 is 14.8 Å². The van der Waals surface area contributed by atoms with Crippen LogP contribution in [0, 0.1) is 6.92 Å². The number of methoxy groups -OCH3 is 1. The van der Waals surface area contributed by atoms with Gasteiger partial charge in [-0.2, -0.15) is 4.31 Å². The van der Waals surface area contributed by atoms with E-state index in [1.807, 2.05) is 45.0 Å². The number of benzene rings is 2. The summed E-state index contributed by atoms with van der Waals surface area (Å²) in [5.41, 5.74) is 4.28. The number of sulfonamides is 1. The highest BCUT2D eigenvalue weighted by Crippen LogP contribution is 2.42. The standard InChI is InChI=1S/C30H36N2O6S2/c1-6-24-17-32(40(35,36)27-10-8-7-9-26(27)38-24)16-22-14-21(12-11-19(22)2)25(15-28(33)37-5)29-20(3)13-23(18-39-29)30(34)31-4/h7-14,24-25H,6,15-18H2,1-5H3,(H,31,34)/t24-,25?/m1/s1. The fourth-order valence-corrected chi connectivity index (χ4v) is 7.80. The molecule has 1 N–H and O–H groups in total. The van der Waals surface area contributed by atoms with Crippen molar-refractivity contribution in [3.63, 3.8) is 0 Å². The molecule has 0 spiro atoms. The highest BCUT2D eigenvalue weighted by atomic mass is 32.2. The number of carbonyl (C=O) groups is 2. The lowest BCUT2D eigenvalue weighted by Crippen LogP contribution is -2.36. The second-order valence-electron chi connectivity index (χ2n) is 10.00. The van der Waals surface area contributed by atoms with Gasteiger partial charge in [-0.1, -0.05) is 37.3 Å². The Morgan fingerprint density at radius 2 is 1.95 bits per heavy atom. The van der Waals surface area contributed by atoms with Crippen molar-refractivity contribution < 1.29 is 27.5 Å². The zero-order chi connectivity index (χ0) is 29.0. The molecule has 10 heteroatoms. The number of hydrogen-bond donors (Lipinski definition) is 1. The molecule has 1 amide bonds. The van der Waals surface area contributed by atoms with Gasteiger partial charge >= 0.3 is 5.97 Å². The van der Waals surface area contributed by atoms with Crippen LogP contribution in [-0.2, 0) is 30.9 Å². The third-order valence-electron chi connectivity index (χ3n) is 7.34. The van der Waals surface area contributed by atoms with Gasteiger partial charge in [0, 0.05) is 30.8 Å². The van der Waals surface area contributed by atoms with Gasteiger partial charge in [0.1, 0.15) is 16.7 Å². The predicted molar refractivity (Wildman–Crippen MR) is 157 cm³/mol. The summed E-state index contributed by atoms with van der Waals surface area (Å²) in [5.74, 6) is 0.104. The molecule has 0 bridgehead atoms. The molecule has 214 valence electrons. The molecule has 1 unspecified atom stereocenters. The van der Waals surface area contributed by atoms with Gasteiger partial charge in [-0.05, 0) is 65.6 Å². The van der Waals surface area contributed by atoms with E-state index in [9.17, 15) is 18.0 Å². The number of rotatable bonds is 8. The molecule has 2 aliphatic heterocycles. The summed E-state index contributed by atoms with van der Waals surface area (Å²) < 4.78 is 40.1. The van der Waals surface area contributed by atoms with Gasteiger partial charge in [0.25, 0.3) is 0 Å². The molecule has 0 saturated carbocycles. The Morgan fingerprint density at radius 1 is 1.20 bits per heavy atom. The van der Waals surface area contributed by atoms with Crippen LogP contribution in [0.25, 0.3) is 0 Å². The van der Waals surface area contributed by atoms with E-state index in [-0.39, 0.29) is 48.3 Å². The van der Waals surface area contributed by atoms with Gasteiger partial charge in [0.15, 0.2) is 0 Å². The van der Waals surface area contributed by atoms with Crippen LogP contribution in [0.1, 0.15) is 49.3 Å². The number of amides is 1. The van der Waals surface area contributed by atoms with Crippen LogP contribution in [0.4, 0.5) is 0 Å². The summed E-state index contributed by atoms with van der Waals surface area (Å²) in [7, 11) is -0.831. The Bertz CT molecular complexity index is 1460. The van der Waals surface area contributed by atoms with Crippen LogP contribution in [0.15, 0.2) is 69.5 Å². The lowest BCUT2D eigenvalue weighted by molar-refractivity contribution is -0.140. The van der Waals surface area contributed by atoms with E-state index in [1.165, 1.54) is 11.4 Å². The molecule has 4 rings (SSSR count). The molecule has 2 aromatic carbocycles. The van der Waals surface area contributed by atoms with Crippen LogP contribution in [0.2, 0.25) is 0 Å². The normalized spacial score (nSPS) is 19.5. The maximum Gasteiger partial charge on any atom is 0.306 e. The lowest BCUT2D eigenvalue weighted by Gasteiger charge is -2.27. The van der Waals surface area contributed by atoms with Gasteiger partial charge in [-0.25, -0.2) is 8.42 Å². The Morgan fingerprint density at radius 3 is 2.62 bits per heavy atom. The zero-order valence-corrected chi connectivity index (χ0v) is 25.2. The number of esters is 1. The first-order chi connectivity index (χ1) is 19.1. The van der Waals surface area contributed by atoms with E-state index in [0.29, 0.717) is 23.5 Å². The number of ether oxygens (including phenoxy) is 2. The minimum absolute atomic E-state index is 0.123. The maximum atomic E-state index is 13.7. The molecule has 0 fully saturated rings. The van der Waals surface area contributed by atoms with Crippen molar-refractivity contribution in [3.8, 4) is 5.75 Å². The molecule has 0 aromatic heterocycles. The van der Waals surface area contributed by atoms with Crippen molar-refractivity contribution in [2.75, 3.05) is 26.5 Å². The molecule has 2 aliphatic rings. The predicted octanol–water partition coefficient (Wildman–Crippen LogP) is 4.70. The minimum Gasteiger partial charge on any atom is -0.488 e.